The fraction of sp³-hybridized carbons (Fsp3) is 0.969. The Kier molecular flexibility index (Phi) is 5.09. The Balaban J connectivity index is 1.31. The predicted molar refractivity (Wildman–Crippen MR) is 145 cm³/mol. The van der Waals surface area contributed by atoms with E-state index in [1.165, 1.54) is 25.7 Å². The molecule has 0 radical (unpaired) electrons. The number of rotatable bonds is 2. The van der Waals surface area contributed by atoms with E-state index < -0.39 is 23.5 Å². The van der Waals surface area contributed by atoms with E-state index >= 15 is 0 Å². The van der Waals surface area contributed by atoms with Crippen LogP contribution in [0.4, 0.5) is 0 Å². The molecule has 0 aromatic carbocycles. The zero-order chi connectivity index (χ0) is 27.4. The summed E-state index contributed by atoms with van der Waals surface area (Å²) in [5, 5.41) is 32.9. The number of nitrogens with zero attached hydrogens (tertiary/aromatic N) is 1. The highest BCUT2D eigenvalue weighted by Gasteiger charge is 2.87. The van der Waals surface area contributed by atoms with E-state index in [0.29, 0.717) is 46.3 Å². The summed E-state index contributed by atoms with van der Waals surface area (Å²) in [6.45, 7) is 17.3. The molecular formula is C32H51NO5. The summed E-state index contributed by atoms with van der Waals surface area (Å²) in [7, 11) is 0. The molecule has 3 spiro atoms. The first-order valence-electron chi connectivity index (χ1n) is 15.6. The number of ether oxygens (including phenoxy) is 2. The third-order valence-corrected chi connectivity index (χ3v) is 14.3. The molecule has 0 aromatic heterocycles. The highest BCUT2D eigenvalue weighted by Crippen LogP contribution is 2.90. The van der Waals surface area contributed by atoms with E-state index in [1.54, 1.807) is 13.8 Å². The van der Waals surface area contributed by atoms with Gasteiger partial charge < -0.3 is 24.8 Å². The average molecular weight is 530 g/mol. The number of hydrogen-bond donors (Lipinski definition) is 3. The van der Waals surface area contributed by atoms with Crippen LogP contribution in [0.2, 0.25) is 0 Å². The lowest BCUT2D eigenvalue weighted by molar-refractivity contribution is -0.240. The maximum Gasteiger partial charge on any atom is 0.203 e. The molecule has 2 heterocycles. The number of hydrogen-bond acceptors (Lipinski definition) is 6. The van der Waals surface area contributed by atoms with Crippen molar-refractivity contribution in [1.29, 1.82) is 0 Å². The first kappa shape index (κ1) is 26.2. The SMILES string of the molecule is CC1=NC23O[C@@H]([C@H](O)C(C)(C)O)C[C@@H](C)C2[C@@]2(C)CC[C@@]45[C@H](C)C46CC[C@H](O)C(C)(C)C6CC[C@H]5C2C3O1. The molecule has 214 valence electrons. The summed E-state index contributed by atoms with van der Waals surface area (Å²) in [4.78, 5) is 5.19. The third kappa shape index (κ3) is 2.69. The zero-order valence-electron chi connectivity index (χ0n) is 24.8. The molecule has 0 bridgehead atoms. The second kappa shape index (κ2) is 7.38. The van der Waals surface area contributed by atoms with E-state index in [9.17, 15) is 15.3 Å². The van der Waals surface area contributed by atoms with Gasteiger partial charge in [0.15, 0.2) is 12.0 Å². The average Bonchev–Trinajstić information content (AvgIpc) is 3.05. The van der Waals surface area contributed by atoms with Crippen LogP contribution in [0.3, 0.4) is 0 Å². The fourth-order valence-electron chi connectivity index (χ4n) is 13.1. The Bertz CT molecular complexity index is 1070. The maximum atomic E-state index is 11.1. The quantitative estimate of drug-likeness (QED) is 0.472. The summed E-state index contributed by atoms with van der Waals surface area (Å²) >= 11 is 0. The Labute approximate surface area is 229 Å². The Morgan fingerprint density at radius 1 is 1.03 bits per heavy atom. The van der Waals surface area contributed by atoms with Crippen molar-refractivity contribution in [3.05, 3.63) is 0 Å². The van der Waals surface area contributed by atoms with Gasteiger partial charge in [-0.3, -0.25) is 0 Å². The summed E-state index contributed by atoms with van der Waals surface area (Å²) in [6.07, 6.45) is 5.84. The molecule has 2 aliphatic heterocycles. The monoisotopic (exact) mass is 529 g/mol. The molecule has 7 rings (SSSR count). The standard InChI is InChI=1S/C32H51NO5/c1-16-15-20(25(35)28(6,7)36)38-32-24(16)29(8)13-14-30-17(2)31(30)12-11-22(34)27(4,5)21(31)10-9-19(30)23(29)26(32)37-18(3)33-32/h16-17,19-26,34-36H,9-15H2,1-8H3/t16-,17+,19+,20-,21?,22+,23?,24?,25+,26?,29+,30+,31?,32?/m1/s1. The Morgan fingerprint density at radius 2 is 1.74 bits per heavy atom. The minimum Gasteiger partial charge on any atom is -0.472 e. The predicted octanol–water partition coefficient (Wildman–Crippen LogP) is 4.93. The van der Waals surface area contributed by atoms with Crippen molar-refractivity contribution in [2.75, 3.05) is 0 Å². The van der Waals surface area contributed by atoms with Crippen LogP contribution in [0.15, 0.2) is 4.99 Å². The number of aliphatic hydroxyl groups excluding tert-OH is 2. The molecule has 0 aromatic rings. The highest BCUT2D eigenvalue weighted by molar-refractivity contribution is 5.76. The second-order valence-electron chi connectivity index (χ2n) is 16.3. The van der Waals surface area contributed by atoms with Crippen LogP contribution in [0, 0.1) is 57.2 Å². The molecule has 6 unspecified atom stereocenters. The molecule has 7 aliphatic rings. The molecule has 5 saturated carbocycles. The van der Waals surface area contributed by atoms with Crippen LogP contribution in [-0.2, 0) is 9.47 Å². The molecule has 1 saturated heterocycles. The molecule has 6 heteroatoms. The van der Waals surface area contributed by atoms with Gasteiger partial charge in [-0.1, -0.05) is 34.6 Å². The van der Waals surface area contributed by atoms with E-state index in [1.807, 2.05) is 6.92 Å². The normalized spacial score (nSPS) is 58.7. The molecule has 3 N–H and O–H groups in total. The second-order valence-corrected chi connectivity index (χ2v) is 16.3. The van der Waals surface area contributed by atoms with E-state index in [2.05, 4.69) is 34.6 Å². The van der Waals surface area contributed by atoms with Gasteiger partial charge in [0, 0.05) is 18.8 Å². The van der Waals surface area contributed by atoms with Gasteiger partial charge in [-0.05, 0) is 104 Å². The first-order chi connectivity index (χ1) is 17.6. The molecule has 6 nitrogen and oxygen atoms in total. The first-order valence-corrected chi connectivity index (χ1v) is 15.6. The van der Waals surface area contributed by atoms with Crippen LogP contribution >= 0.6 is 0 Å². The molecular weight excluding hydrogens is 478 g/mol. The Morgan fingerprint density at radius 3 is 2.42 bits per heavy atom. The van der Waals surface area contributed by atoms with Crippen LogP contribution in [0.1, 0.15) is 100 Å². The van der Waals surface area contributed by atoms with Gasteiger partial charge in [0.2, 0.25) is 5.72 Å². The minimum absolute atomic E-state index is 0.0335. The topological polar surface area (TPSA) is 91.5 Å². The molecule has 6 fully saturated rings. The van der Waals surface area contributed by atoms with Gasteiger partial charge >= 0.3 is 0 Å². The van der Waals surface area contributed by atoms with Gasteiger partial charge in [0.05, 0.1) is 17.8 Å². The molecule has 38 heavy (non-hydrogen) atoms. The smallest absolute Gasteiger partial charge is 0.203 e. The van der Waals surface area contributed by atoms with E-state index in [4.69, 9.17) is 14.5 Å². The van der Waals surface area contributed by atoms with Crippen molar-refractivity contribution in [3.8, 4) is 0 Å². The molecule has 5 aliphatic carbocycles. The van der Waals surface area contributed by atoms with Crippen molar-refractivity contribution < 1.29 is 24.8 Å². The van der Waals surface area contributed by atoms with Gasteiger partial charge in [0.1, 0.15) is 6.10 Å². The fourth-order valence-corrected chi connectivity index (χ4v) is 13.1. The van der Waals surface area contributed by atoms with Gasteiger partial charge in [-0.2, -0.15) is 0 Å². The van der Waals surface area contributed by atoms with Gasteiger partial charge in [-0.15, -0.1) is 0 Å². The van der Waals surface area contributed by atoms with E-state index in [-0.39, 0.29) is 29.0 Å². The number of fused-ring (bicyclic) bond motifs is 4. The molecule has 14 atom stereocenters. The van der Waals surface area contributed by atoms with E-state index in [0.717, 1.165) is 19.3 Å². The largest absolute Gasteiger partial charge is 0.472 e. The highest BCUT2D eigenvalue weighted by atomic mass is 16.6. The lowest BCUT2D eigenvalue weighted by Crippen LogP contribution is -2.59. The summed E-state index contributed by atoms with van der Waals surface area (Å²) in [5.41, 5.74) is -1.34. The number of aliphatic imine (C=N–C) groups is 1. The van der Waals surface area contributed by atoms with Crippen LogP contribution in [0.5, 0.6) is 0 Å². The Hall–Kier alpha value is -0.690. The summed E-state index contributed by atoms with van der Waals surface area (Å²) in [5.74, 6) is 3.44. The maximum absolute atomic E-state index is 11.1. The van der Waals surface area contributed by atoms with Crippen LogP contribution in [-0.4, -0.2) is 57.0 Å². The summed E-state index contributed by atoms with van der Waals surface area (Å²) < 4.78 is 13.7. The van der Waals surface area contributed by atoms with Crippen LogP contribution in [0.25, 0.3) is 0 Å². The lowest BCUT2D eigenvalue weighted by atomic mass is 9.45. The van der Waals surface area contributed by atoms with Gasteiger partial charge in [0.25, 0.3) is 0 Å². The third-order valence-electron chi connectivity index (χ3n) is 14.3. The van der Waals surface area contributed by atoms with Gasteiger partial charge in [-0.25, -0.2) is 4.99 Å². The van der Waals surface area contributed by atoms with Crippen molar-refractivity contribution in [2.45, 2.75) is 136 Å². The van der Waals surface area contributed by atoms with Crippen LogP contribution < -0.4 is 0 Å². The zero-order valence-corrected chi connectivity index (χ0v) is 24.8. The van der Waals surface area contributed by atoms with Crippen molar-refractivity contribution in [3.63, 3.8) is 0 Å². The lowest BCUT2D eigenvalue weighted by Gasteiger charge is -2.59. The van der Waals surface area contributed by atoms with Crippen molar-refractivity contribution in [1.82, 2.24) is 0 Å². The minimum atomic E-state index is -1.24. The summed E-state index contributed by atoms with van der Waals surface area (Å²) in [6, 6.07) is 0. The number of aliphatic hydroxyl groups is 3. The van der Waals surface area contributed by atoms with Crippen molar-refractivity contribution >= 4 is 5.90 Å². The molecule has 0 amide bonds. The van der Waals surface area contributed by atoms with Crippen molar-refractivity contribution in [2.24, 2.45) is 62.2 Å².